The Hall–Kier alpha value is -1.84. The average Bonchev–Trinajstić information content (AvgIpc) is 2.61. The van der Waals surface area contributed by atoms with Gasteiger partial charge in [0, 0.05) is 30.7 Å². The summed E-state index contributed by atoms with van der Waals surface area (Å²) in [6.07, 6.45) is 1.62. The molecule has 2 aromatic rings. The summed E-state index contributed by atoms with van der Waals surface area (Å²) in [5.74, 6) is 0.200. The Morgan fingerprint density at radius 2 is 1.78 bits per heavy atom. The number of carbonyl (C=O) groups is 1. The molecule has 1 saturated heterocycles. The lowest BCUT2D eigenvalue weighted by Gasteiger charge is -2.21. The van der Waals surface area contributed by atoms with Crippen molar-refractivity contribution in [2.75, 3.05) is 13.2 Å². The molecule has 0 aliphatic carbocycles. The molecule has 0 aromatic heterocycles. The Balaban J connectivity index is 1.70. The van der Waals surface area contributed by atoms with Crippen molar-refractivity contribution in [3.05, 3.63) is 59.1 Å². The molecule has 0 atom stereocenters. The lowest BCUT2D eigenvalue weighted by atomic mass is 9.98. The van der Waals surface area contributed by atoms with Gasteiger partial charge in [-0.1, -0.05) is 48.0 Å². The molecule has 0 unspecified atom stereocenters. The molecule has 1 aliphatic heterocycles. The Labute approximate surface area is 141 Å². The first-order chi connectivity index (χ1) is 11.2. The number of nitrogens with one attached hydrogen (secondary N) is 1. The summed E-state index contributed by atoms with van der Waals surface area (Å²) in [7, 11) is 0. The average molecular weight is 330 g/mol. The van der Waals surface area contributed by atoms with Crippen LogP contribution < -0.4 is 5.32 Å². The summed E-state index contributed by atoms with van der Waals surface area (Å²) in [6, 6.07) is 15.9. The lowest BCUT2D eigenvalue weighted by Crippen LogP contribution is -2.33. The van der Waals surface area contributed by atoms with Crippen LogP contribution in [-0.4, -0.2) is 19.1 Å². The quantitative estimate of drug-likeness (QED) is 0.919. The van der Waals surface area contributed by atoms with E-state index in [4.69, 9.17) is 16.3 Å². The highest BCUT2D eigenvalue weighted by atomic mass is 35.5. The molecule has 1 aliphatic rings. The second-order valence-electron chi connectivity index (χ2n) is 5.77. The number of amides is 1. The van der Waals surface area contributed by atoms with Gasteiger partial charge in [0.15, 0.2) is 0 Å². The van der Waals surface area contributed by atoms with Crippen LogP contribution in [0.5, 0.6) is 0 Å². The van der Waals surface area contributed by atoms with E-state index in [9.17, 15) is 4.79 Å². The van der Waals surface area contributed by atoms with Gasteiger partial charge in [0.2, 0.25) is 5.91 Å². The van der Waals surface area contributed by atoms with Gasteiger partial charge in [0.05, 0.1) is 0 Å². The van der Waals surface area contributed by atoms with Crippen LogP contribution in [0, 0.1) is 5.92 Å². The molecule has 3 rings (SSSR count). The Morgan fingerprint density at radius 3 is 2.52 bits per heavy atom. The van der Waals surface area contributed by atoms with E-state index in [2.05, 4.69) is 11.4 Å². The number of hydrogen-bond donors (Lipinski definition) is 1. The molecule has 0 spiro atoms. The molecule has 3 nitrogen and oxygen atoms in total. The zero-order valence-electron chi connectivity index (χ0n) is 12.9. The number of hydrogen-bond acceptors (Lipinski definition) is 2. The fourth-order valence-corrected chi connectivity index (χ4v) is 3.00. The molecule has 1 fully saturated rings. The van der Waals surface area contributed by atoms with Crippen molar-refractivity contribution in [2.45, 2.75) is 19.4 Å². The van der Waals surface area contributed by atoms with Crippen LogP contribution in [0.4, 0.5) is 0 Å². The number of ether oxygens (including phenoxy) is 1. The third kappa shape index (κ3) is 4.12. The zero-order valence-corrected chi connectivity index (χ0v) is 13.7. The minimum absolute atomic E-state index is 0.0754. The minimum Gasteiger partial charge on any atom is -0.381 e. The van der Waals surface area contributed by atoms with Gasteiger partial charge in [-0.25, -0.2) is 0 Å². The van der Waals surface area contributed by atoms with E-state index in [1.54, 1.807) is 0 Å². The van der Waals surface area contributed by atoms with Crippen LogP contribution in [0.15, 0.2) is 48.5 Å². The largest absolute Gasteiger partial charge is 0.381 e. The Bertz CT molecular complexity index is 663. The van der Waals surface area contributed by atoms with Crippen molar-refractivity contribution in [2.24, 2.45) is 5.92 Å². The molecule has 0 saturated carbocycles. The molecule has 2 aromatic carbocycles. The molecular weight excluding hydrogens is 310 g/mol. The third-order valence-corrected chi connectivity index (χ3v) is 4.47. The fourth-order valence-electron chi connectivity index (χ4n) is 2.87. The third-order valence-electron chi connectivity index (χ3n) is 4.22. The summed E-state index contributed by atoms with van der Waals surface area (Å²) in [5.41, 5.74) is 3.33. The summed E-state index contributed by atoms with van der Waals surface area (Å²) in [4.78, 5) is 12.3. The summed E-state index contributed by atoms with van der Waals surface area (Å²) in [5, 5.41) is 3.79. The van der Waals surface area contributed by atoms with Crippen molar-refractivity contribution >= 4 is 17.5 Å². The normalized spacial score (nSPS) is 15.3. The van der Waals surface area contributed by atoms with Crippen molar-refractivity contribution in [3.8, 4) is 11.1 Å². The minimum atomic E-state index is 0.0754. The number of carbonyl (C=O) groups excluding carboxylic acids is 1. The highest BCUT2D eigenvalue weighted by Gasteiger charge is 2.21. The predicted molar refractivity (Wildman–Crippen MR) is 92.3 cm³/mol. The van der Waals surface area contributed by atoms with Crippen molar-refractivity contribution in [1.29, 1.82) is 0 Å². The maximum atomic E-state index is 12.3. The van der Waals surface area contributed by atoms with E-state index in [0.717, 1.165) is 34.6 Å². The van der Waals surface area contributed by atoms with Gasteiger partial charge >= 0.3 is 0 Å². The molecule has 1 amide bonds. The van der Waals surface area contributed by atoms with E-state index in [1.165, 1.54) is 0 Å². The smallest absolute Gasteiger partial charge is 0.223 e. The fraction of sp³-hybridized carbons (Fsp3) is 0.316. The van der Waals surface area contributed by atoms with Crippen molar-refractivity contribution in [3.63, 3.8) is 0 Å². The van der Waals surface area contributed by atoms with E-state index in [-0.39, 0.29) is 11.8 Å². The van der Waals surface area contributed by atoms with Gasteiger partial charge in [-0.3, -0.25) is 4.79 Å². The van der Waals surface area contributed by atoms with Gasteiger partial charge in [0.1, 0.15) is 0 Å². The van der Waals surface area contributed by atoms with Gasteiger partial charge < -0.3 is 10.1 Å². The second-order valence-corrected chi connectivity index (χ2v) is 6.20. The molecular formula is C19H20ClNO2. The first kappa shape index (κ1) is 16.0. The van der Waals surface area contributed by atoms with Crippen LogP contribution in [0.2, 0.25) is 5.02 Å². The van der Waals surface area contributed by atoms with Crippen LogP contribution in [0.25, 0.3) is 11.1 Å². The first-order valence-corrected chi connectivity index (χ1v) is 8.31. The summed E-state index contributed by atoms with van der Waals surface area (Å²) < 4.78 is 5.31. The van der Waals surface area contributed by atoms with Gasteiger partial charge in [-0.2, -0.15) is 0 Å². The summed E-state index contributed by atoms with van der Waals surface area (Å²) in [6.45, 7) is 1.90. The molecule has 23 heavy (non-hydrogen) atoms. The van der Waals surface area contributed by atoms with Crippen LogP contribution in [0.1, 0.15) is 18.4 Å². The van der Waals surface area contributed by atoms with Gasteiger partial charge in [-0.05, 0) is 41.7 Å². The number of halogens is 1. The maximum absolute atomic E-state index is 12.3. The van der Waals surface area contributed by atoms with Crippen LogP contribution in [-0.2, 0) is 16.1 Å². The predicted octanol–water partition coefficient (Wildman–Crippen LogP) is 4.05. The maximum Gasteiger partial charge on any atom is 0.223 e. The van der Waals surface area contributed by atoms with E-state index >= 15 is 0 Å². The SMILES string of the molecule is O=C(NCc1ccccc1-c1ccc(Cl)cc1)C1CCOCC1. The topological polar surface area (TPSA) is 38.3 Å². The van der Waals surface area contributed by atoms with Gasteiger partial charge in [-0.15, -0.1) is 0 Å². The Morgan fingerprint density at radius 1 is 1.09 bits per heavy atom. The Kier molecular flexibility index (Phi) is 5.31. The summed E-state index contributed by atoms with van der Waals surface area (Å²) >= 11 is 5.96. The van der Waals surface area contributed by atoms with E-state index in [0.29, 0.717) is 19.8 Å². The monoisotopic (exact) mass is 329 g/mol. The molecule has 0 radical (unpaired) electrons. The molecule has 4 heteroatoms. The highest BCUT2D eigenvalue weighted by molar-refractivity contribution is 6.30. The molecule has 0 bridgehead atoms. The lowest BCUT2D eigenvalue weighted by molar-refractivity contribution is -0.128. The number of benzene rings is 2. The highest BCUT2D eigenvalue weighted by Crippen LogP contribution is 2.25. The van der Waals surface area contributed by atoms with E-state index in [1.807, 2.05) is 42.5 Å². The zero-order chi connectivity index (χ0) is 16.1. The van der Waals surface area contributed by atoms with Gasteiger partial charge in [0.25, 0.3) is 0 Å². The van der Waals surface area contributed by atoms with E-state index < -0.39 is 0 Å². The first-order valence-electron chi connectivity index (χ1n) is 7.93. The molecule has 1 heterocycles. The van der Waals surface area contributed by atoms with Crippen molar-refractivity contribution < 1.29 is 9.53 Å². The molecule has 1 N–H and O–H groups in total. The molecule has 120 valence electrons. The standard InChI is InChI=1S/C19H20ClNO2/c20-17-7-5-14(6-8-17)18-4-2-1-3-16(18)13-21-19(22)15-9-11-23-12-10-15/h1-8,15H,9-13H2,(H,21,22). The van der Waals surface area contributed by atoms with Crippen LogP contribution in [0.3, 0.4) is 0 Å². The second kappa shape index (κ2) is 7.62. The number of rotatable bonds is 4. The van der Waals surface area contributed by atoms with Crippen molar-refractivity contribution in [1.82, 2.24) is 5.32 Å². The van der Waals surface area contributed by atoms with Crippen LogP contribution >= 0.6 is 11.6 Å².